The van der Waals surface area contributed by atoms with Gasteiger partial charge in [-0.2, -0.15) is 0 Å². The van der Waals surface area contributed by atoms with Crippen molar-refractivity contribution in [1.29, 1.82) is 0 Å². The molecule has 2 nitrogen and oxygen atoms in total. The van der Waals surface area contributed by atoms with Gasteiger partial charge in [0.1, 0.15) is 0 Å². The molecule has 2 atom stereocenters. The molecule has 1 rings (SSSR count). The number of rotatable bonds is 4. The minimum absolute atomic E-state index is 0.180. The van der Waals surface area contributed by atoms with Gasteiger partial charge in [0.05, 0.1) is 0 Å². The van der Waals surface area contributed by atoms with E-state index in [0.717, 1.165) is 6.42 Å². The molecule has 0 saturated heterocycles. The van der Waals surface area contributed by atoms with Crippen LogP contribution in [0.4, 0.5) is 0 Å². The molecular weight excluding hydrogens is 349 g/mol. The second-order valence-electron chi connectivity index (χ2n) is 4.36. The third kappa shape index (κ3) is 7.02. The van der Waals surface area contributed by atoms with Gasteiger partial charge in [-0.25, -0.2) is 0 Å². The molecule has 0 saturated carbocycles. The molecule has 0 aliphatic carbocycles. The van der Waals surface area contributed by atoms with Crippen LogP contribution < -0.4 is 14.4 Å². The van der Waals surface area contributed by atoms with Crippen molar-refractivity contribution in [3.8, 4) is 0 Å². The molecule has 102 valence electrons. The quantitative estimate of drug-likeness (QED) is 0.821. The summed E-state index contributed by atoms with van der Waals surface area (Å²) in [6.07, 6.45) is 2.60. The monoisotopic (exact) mass is 375 g/mol. The first kappa shape index (κ1) is 18.3. The van der Waals surface area contributed by atoms with Crippen LogP contribution in [0.5, 0.6) is 0 Å². The molecule has 1 aromatic rings. The van der Waals surface area contributed by atoms with Crippen LogP contribution in [0.25, 0.3) is 0 Å². The average Bonchev–Trinajstić information content (AvgIpc) is 2.38. The Kier molecular flexibility index (Phi) is 10.3. The summed E-state index contributed by atoms with van der Waals surface area (Å²) in [5.74, 6) is 0. The van der Waals surface area contributed by atoms with E-state index in [9.17, 15) is 5.11 Å². The molecule has 1 aromatic carbocycles. The molecule has 0 heterocycles. The van der Waals surface area contributed by atoms with Gasteiger partial charge in [-0.05, 0) is 0 Å². The molecule has 0 fully saturated rings. The van der Waals surface area contributed by atoms with Crippen molar-refractivity contribution in [2.75, 3.05) is 6.26 Å². The third-order valence-electron chi connectivity index (χ3n) is 2.71. The van der Waals surface area contributed by atoms with Crippen LogP contribution in [0.15, 0.2) is 24.3 Å². The van der Waals surface area contributed by atoms with E-state index >= 15 is 0 Å². The van der Waals surface area contributed by atoms with Gasteiger partial charge in [0.25, 0.3) is 0 Å². The van der Waals surface area contributed by atoms with Crippen LogP contribution in [0.1, 0.15) is 38.8 Å². The summed E-state index contributed by atoms with van der Waals surface area (Å²) in [7, 11) is 2.05. The van der Waals surface area contributed by atoms with Crippen LogP contribution in [0, 0.1) is 0 Å². The van der Waals surface area contributed by atoms with Crippen LogP contribution in [0.2, 0.25) is 4.94 Å². The van der Waals surface area contributed by atoms with E-state index in [1.54, 1.807) is 10.5 Å². The Morgan fingerprint density at radius 1 is 1.33 bits per heavy atom. The van der Waals surface area contributed by atoms with E-state index in [4.69, 9.17) is 5.73 Å². The van der Waals surface area contributed by atoms with Crippen molar-refractivity contribution < 1.29 is 5.11 Å². The predicted octanol–water partition coefficient (Wildman–Crippen LogP) is 2.04. The molecule has 0 aliphatic rings. The minimum atomic E-state index is -1.35. The molecule has 0 radical (unpaired) electrons. The van der Waals surface area contributed by atoms with E-state index in [2.05, 4.69) is 51.3 Å². The van der Waals surface area contributed by atoms with Gasteiger partial charge in [-0.3, -0.25) is 0 Å². The first-order valence-corrected chi connectivity index (χ1v) is 15.3. The Morgan fingerprint density at radius 3 is 2.22 bits per heavy atom. The first-order valence-electron chi connectivity index (χ1n) is 6.32. The van der Waals surface area contributed by atoms with E-state index in [-0.39, 0.29) is 12.1 Å². The standard InChI is InChI=1S/C8H10N.C4H9O.CH4S.CH3.Sn/c1-7(9)8-5-3-2-4-6-8;1-3-4(2)5;1-2;;/h2-5,7H,9H2,1H3;4H,3H2,1-2H3;2H,1H3;1H3;/q;-1;;;+2/p-1. The van der Waals surface area contributed by atoms with Crippen LogP contribution in [0.3, 0.4) is 0 Å². The maximum absolute atomic E-state index is 9.90. The van der Waals surface area contributed by atoms with E-state index in [1.165, 1.54) is 5.56 Å². The summed E-state index contributed by atoms with van der Waals surface area (Å²) < 4.78 is 1.56. The summed E-state index contributed by atoms with van der Waals surface area (Å²) in [6, 6.07) is 8.81. The van der Waals surface area contributed by atoms with Crippen molar-refractivity contribution in [3.63, 3.8) is 0 Å². The molecule has 0 amide bonds. The third-order valence-corrected chi connectivity index (χ3v) is 13.5. The Balaban J connectivity index is 0.000000494. The van der Waals surface area contributed by atoms with Crippen LogP contribution in [-0.4, -0.2) is 30.7 Å². The fourth-order valence-electron chi connectivity index (χ4n) is 1.32. The van der Waals surface area contributed by atoms with Gasteiger partial charge in [0.2, 0.25) is 0 Å². The molecule has 0 aromatic heterocycles. The molecular formula is C14H25NOSSn. The van der Waals surface area contributed by atoms with E-state index in [0.29, 0.717) is 0 Å². The second-order valence-corrected chi connectivity index (χ2v) is 17.1. The normalized spacial score (nSPS) is 13.3. The van der Waals surface area contributed by atoms with E-state index < -0.39 is 18.4 Å². The molecule has 4 heteroatoms. The van der Waals surface area contributed by atoms with Crippen LogP contribution >= 0.6 is 8.95 Å². The van der Waals surface area contributed by atoms with E-state index in [1.807, 2.05) is 6.92 Å². The molecule has 0 aliphatic heterocycles. The van der Waals surface area contributed by atoms with Gasteiger partial charge < -0.3 is 5.11 Å². The summed E-state index contributed by atoms with van der Waals surface area (Å²) in [5, 5.41) is 9.90. The maximum atomic E-state index is 9.90. The van der Waals surface area contributed by atoms with Gasteiger partial charge in [0.15, 0.2) is 0 Å². The first-order chi connectivity index (χ1) is 8.43. The molecule has 18 heavy (non-hydrogen) atoms. The van der Waals surface area contributed by atoms with Crippen molar-refractivity contribution >= 4 is 30.9 Å². The predicted molar refractivity (Wildman–Crippen MR) is 83.6 cm³/mol. The Hall–Kier alpha value is 0.289. The summed E-state index contributed by atoms with van der Waals surface area (Å²) in [6.45, 7) is 5.62. The number of nitrogens with two attached hydrogens (primary N) is 1. The molecule has 2 N–H and O–H groups in total. The van der Waals surface area contributed by atoms with Gasteiger partial charge in [-0.15, -0.1) is 6.10 Å². The molecule has 2 unspecified atom stereocenters. The number of benzene rings is 1. The summed E-state index contributed by atoms with van der Waals surface area (Å²) >= 11 is -1.35. The van der Waals surface area contributed by atoms with Crippen molar-refractivity contribution in [3.05, 3.63) is 29.8 Å². The second kappa shape index (κ2) is 10.1. The van der Waals surface area contributed by atoms with Gasteiger partial charge >= 0.3 is 90.6 Å². The van der Waals surface area contributed by atoms with Gasteiger partial charge in [-0.1, -0.05) is 20.3 Å². The van der Waals surface area contributed by atoms with Crippen molar-refractivity contribution in [1.82, 2.24) is 0 Å². The summed E-state index contributed by atoms with van der Waals surface area (Å²) in [4.78, 5) is 2.41. The Labute approximate surface area is 122 Å². The van der Waals surface area contributed by atoms with Crippen molar-refractivity contribution in [2.24, 2.45) is 5.73 Å². The number of hydrogen-bond acceptors (Lipinski definition) is 3. The zero-order valence-corrected chi connectivity index (χ0v) is 15.7. The van der Waals surface area contributed by atoms with Gasteiger partial charge in [0, 0.05) is 0 Å². The fourth-order valence-corrected chi connectivity index (χ4v) is 7.67. The van der Waals surface area contributed by atoms with Crippen LogP contribution in [-0.2, 0) is 0 Å². The SMILES string of the molecule is CCC(C)[O-].C[S][Sn+]([CH3])[c]1ccccc1C(C)N. The average molecular weight is 374 g/mol. The zero-order chi connectivity index (χ0) is 14.1. The number of hydrogen-bond donors (Lipinski definition) is 1. The Bertz CT molecular complexity index is 331. The fraction of sp³-hybridized carbons (Fsp3) is 0.571. The van der Waals surface area contributed by atoms with Crippen molar-refractivity contribution in [2.45, 2.75) is 44.3 Å². The molecule has 0 bridgehead atoms. The Morgan fingerprint density at radius 2 is 1.83 bits per heavy atom. The summed E-state index contributed by atoms with van der Waals surface area (Å²) in [5.41, 5.74) is 7.28. The molecule has 0 spiro atoms. The zero-order valence-electron chi connectivity index (χ0n) is 12.1. The topological polar surface area (TPSA) is 49.1 Å².